The van der Waals surface area contributed by atoms with Crippen molar-refractivity contribution < 1.29 is 18.6 Å². The van der Waals surface area contributed by atoms with Gasteiger partial charge in [-0.15, -0.1) is 24.0 Å². The first-order valence-corrected chi connectivity index (χ1v) is 8.79. The number of hydrogen-bond acceptors (Lipinski definition) is 4. The molecule has 0 radical (unpaired) electrons. The molecule has 28 heavy (non-hydrogen) atoms. The number of aliphatic hydroxyl groups excluding tert-OH is 1. The van der Waals surface area contributed by atoms with Crippen molar-refractivity contribution in [2.75, 3.05) is 19.6 Å². The van der Waals surface area contributed by atoms with Gasteiger partial charge in [0.15, 0.2) is 5.96 Å². The van der Waals surface area contributed by atoms with E-state index in [-0.39, 0.29) is 36.3 Å². The first-order valence-electron chi connectivity index (χ1n) is 8.79. The monoisotopic (exact) mass is 509 g/mol. The molecule has 1 heterocycles. The van der Waals surface area contributed by atoms with Crippen LogP contribution in [0.5, 0.6) is 5.75 Å². The van der Waals surface area contributed by atoms with Gasteiger partial charge in [-0.3, -0.25) is 4.99 Å². The van der Waals surface area contributed by atoms with Gasteiger partial charge in [-0.25, -0.2) is 4.98 Å². The lowest BCUT2D eigenvalue weighted by molar-refractivity contribution is -0.0498. The summed E-state index contributed by atoms with van der Waals surface area (Å²) in [6, 6.07) is 5.88. The number of rotatable bonds is 10. The molecule has 0 aliphatic carbocycles. The highest BCUT2D eigenvalue weighted by Crippen LogP contribution is 2.19. The zero-order valence-electron chi connectivity index (χ0n) is 15.6. The summed E-state index contributed by atoms with van der Waals surface area (Å²) in [5.41, 5.74) is 0.580. The Morgan fingerprint density at radius 2 is 2.04 bits per heavy atom. The van der Waals surface area contributed by atoms with Crippen LogP contribution < -0.4 is 15.4 Å². The fourth-order valence-corrected chi connectivity index (χ4v) is 2.38. The van der Waals surface area contributed by atoms with Crippen LogP contribution in [0.1, 0.15) is 25.0 Å². The maximum Gasteiger partial charge on any atom is 0.387 e. The average molecular weight is 509 g/mol. The second-order valence-electron chi connectivity index (χ2n) is 5.76. The van der Waals surface area contributed by atoms with Crippen LogP contribution in [-0.2, 0) is 6.54 Å². The molecule has 1 unspecified atom stereocenters. The van der Waals surface area contributed by atoms with Crippen LogP contribution in [0.15, 0.2) is 48.0 Å². The number of nitrogens with one attached hydrogen (secondary N) is 2. The zero-order chi connectivity index (χ0) is 19.5. The van der Waals surface area contributed by atoms with E-state index in [0.717, 1.165) is 19.5 Å². The van der Waals surface area contributed by atoms with Crippen molar-refractivity contribution in [2.24, 2.45) is 4.99 Å². The van der Waals surface area contributed by atoms with Crippen LogP contribution in [-0.4, -0.2) is 46.9 Å². The molecule has 0 bridgehead atoms. The lowest BCUT2D eigenvalue weighted by atomic mass is 10.1. The minimum absolute atomic E-state index is 0. The summed E-state index contributed by atoms with van der Waals surface area (Å²) in [6.45, 7) is 1.51. The molecule has 10 heteroatoms. The summed E-state index contributed by atoms with van der Waals surface area (Å²) < 4.78 is 30.6. The summed E-state index contributed by atoms with van der Waals surface area (Å²) in [6.07, 6.45) is 5.48. The third-order valence-corrected chi connectivity index (χ3v) is 3.70. The van der Waals surface area contributed by atoms with Crippen LogP contribution in [0.2, 0.25) is 0 Å². The molecule has 2 rings (SSSR count). The molecule has 0 amide bonds. The quantitative estimate of drug-likeness (QED) is 0.199. The van der Waals surface area contributed by atoms with Gasteiger partial charge < -0.3 is 25.0 Å². The highest BCUT2D eigenvalue weighted by Gasteiger charge is 2.09. The van der Waals surface area contributed by atoms with Gasteiger partial charge in [0.05, 0.1) is 19.0 Å². The number of aliphatic imine (C=N–C) groups is 1. The van der Waals surface area contributed by atoms with Crippen molar-refractivity contribution in [2.45, 2.75) is 32.6 Å². The predicted octanol–water partition coefficient (Wildman–Crippen LogP) is 2.78. The zero-order valence-corrected chi connectivity index (χ0v) is 17.9. The van der Waals surface area contributed by atoms with Crippen LogP contribution in [0.25, 0.3) is 0 Å². The summed E-state index contributed by atoms with van der Waals surface area (Å²) in [4.78, 5) is 8.37. The number of nitrogens with zero attached hydrogens (tertiary/aromatic N) is 3. The third-order valence-electron chi connectivity index (χ3n) is 3.70. The summed E-state index contributed by atoms with van der Waals surface area (Å²) in [5, 5.41) is 16.6. The number of aromatic nitrogens is 2. The van der Waals surface area contributed by atoms with E-state index in [4.69, 9.17) is 0 Å². The smallest absolute Gasteiger partial charge is 0.387 e. The Morgan fingerprint density at radius 3 is 2.64 bits per heavy atom. The number of aryl methyl sites for hydroxylation is 1. The van der Waals surface area contributed by atoms with Crippen molar-refractivity contribution in [3.05, 3.63) is 48.5 Å². The number of guanidine groups is 1. The van der Waals surface area contributed by atoms with Gasteiger partial charge in [0.1, 0.15) is 5.75 Å². The summed E-state index contributed by atoms with van der Waals surface area (Å²) >= 11 is 0. The van der Waals surface area contributed by atoms with Crippen molar-refractivity contribution in [1.29, 1.82) is 0 Å². The van der Waals surface area contributed by atoms with Gasteiger partial charge in [0.25, 0.3) is 0 Å². The van der Waals surface area contributed by atoms with E-state index in [1.165, 1.54) is 12.1 Å². The number of halogens is 3. The maximum absolute atomic E-state index is 12.2. The van der Waals surface area contributed by atoms with Gasteiger partial charge in [-0.1, -0.05) is 12.1 Å². The Hall–Kier alpha value is -1.95. The number of alkyl halides is 2. The van der Waals surface area contributed by atoms with Crippen LogP contribution in [0.3, 0.4) is 0 Å². The van der Waals surface area contributed by atoms with Gasteiger partial charge in [-0.2, -0.15) is 8.78 Å². The van der Waals surface area contributed by atoms with Crippen molar-refractivity contribution in [1.82, 2.24) is 20.2 Å². The molecule has 0 aliphatic heterocycles. The van der Waals surface area contributed by atoms with E-state index < -0.39 is 12.7 Å². The second kappa shape index (κ2) is 13.3. The largest absolute Gasteiger partial charge is 0.435 e. The van der Waals surface area contributed by atoms with Crippen molar-refractivity contribution in [3.8, 4) is 5.75 Å². The van der Waals surface area contributed by atoms with E-state index in [0.29, 0.717) is 18.1 Å². The fourth-order valence-electron chi connectivity index (χ4n) is 2.38. The minimum atomic E-state index is -2.87. The number of aliphatic hydroxyl groups is 1. The van der Waals surface area contributed by atoms with Gasteiger partial charge in [0.2, 0.25) is 0 Å². The Balaban J connectivity index is 0.00000392. The Morgan fingerprint density at radius 1 is 1.29 bits per heavy atom. The van der Waals surface area contributed by atoms with Crippen LogP contribution >= 0.6 is 24.0 Å². The normalized spacial score (nSPS) is 12.4. The lowest BCUT2D eigenvalue weighted by Gasteiger charge is -2.14. The number of imidazole rings is 1. The number of hydrogen-bond donors (Lipinski definition) is 3. The van der Waals surface area contributed by atoms with Gasteiger partial charge >= 0.3 is 6.61 Å². The molecule has 2 aromatic rings. The molecule has 7 nitrogen and oxygen atoms in total. The molecule has 0 spiro atoms. The standard InChI is InChI=1S/C18H25F2N5O2.HI/c1-2-22-18(23-8-3-10-25-11-9-21-13-25)24-12-16(26)14-4-6-15(7-5-14)27-17(19)20;/h4-7,9,11,13,16-17,26H,2-3,8,10,12H2,1H3,(H2,22,23,24);1H. The van der Waals surface area contributed by atoms with Crippen LogP contribution in [0, 0.1) is 0 Å². The molecule has 1 aromatic heterocycles. The molecule has 1 atom stereocenters. The first kappa shape index (κ1) is 24.1. The second-order valence-corrected chi connectivity index (χ2v) is 5.76. The van der Waals surface area contributed by atoms with E-state index in [9.17, 15) is 13.9 Å². The van der Waals surface area contributed by atoms with Crippen molar-refractivity contribution in [3.63, 3.8) is 0 Å². The predicted molar refractivity (Wildman–Crippen MR) is 114 cm³/mol. The molecule has 0 saturated carbocycles. The first-order chi connectivity index (χ1) is 13.1. The van der Waals surface area contributed by atoms with Crippen LogP contribution in [0.4, 0.5) is 8.78 Å². The molecule has 3 N–H and O–H groups in total. The SMILES string of the molecule is CCNC(=NCC(O)c1ccc(OC(F)F)cc1)NCCCn1ccnc1.I. The number of benzene rings is 1. The highest BCUT2D eigenvalue weighted by atomic mass is 127. The van der Waals surface area contributed by atoms with Crippen molar-refractivity contribution >= 4 is 29.9 Å². The number of ether oxygens (including phenoxy) is 1. The Labute approximate surface area is 180 Å². The molecule has 0 fully saturated rings. The molecule has 156 valence electrons. The third kappa shape index (κ3) is 8.83. The minimum Gasteiger partial charge on any atom is -0.435 e. The molecule has 0 saturated heterocycles. The van der Waals surface area contributed by atoms with E-state index >= 15 is 0 Å². The van der Waals surface area contributed by atoms with Gasteiger partial charge in [0, 0.05) is 32.0 Å². The molecular weight excluding hydrogens is 483 g/mol. The fraction of sp³-hybridized carbons (Fsp3) is 0.444. The van der Waals surface area contributed by atoms with E-state index in [1.807, 2.05) is 17.7 Å². The highest BCUT2D eigenvalue weighted by molar-refractivity contribution is 14.0. The van der Waals surface area contributed by atoms with E-state index in [2.05, 4.69) is 25.3 Å². The summed E-state index contributed by atoms with van der Waals surface area (Å²) in [7, 11) is 0. The maximum atomic E-state index is 12.2. The lowest BCUT2D eigenvalue weighted by Crippen LogP contribution is -2.38. The molecule has 1 aromatic carbocycles. The topological polar surface area (TPSA) is 83.7 Å². The molecular formula is C18H26F2IN5O2. The average Bonchev–Trinajstić information content (AvgIpc) is 3.16. The molecule has 0 aliphatic rings. The summed E-state index contributed by atoms with van der Waals surface area (Å²) in [5.74, 6) is 0.664. The van der Waals surface area contributed by atoms with Gasteiger partial charge in [-0.05, 0) is 31.0 Å². The Bertz CT molecular complexity index is 684. The van der Waals surface area contributed by atoms with E-state index in [1.54, 1.807) is 24.7 Å². The Kier molecular flexibility index (Phi) is 11.4.